The molecule has 1 saturated carbocycles. The number of carbonyl (C=O) groups is 1. The van der Waals surface area contributed by atoms with Gasteiger partial charge in [0.15, 0.2) is 5.69 Å². The summed E-state index contributed by atoms with van der Waals surface area (Å²) in [7, 11) is 0. The van der Waals surface area contributed by atoms with Crippen molar-refractivity contribution in [3.05, 3.63) is 78.0 Å². The molecule has 1 aromatic heterocycles. The van der Waals surface area contributed by atoms with Crippen LogP contribution >= 0.6 is 0 Å². The zero-order chi connectivity index (χ0) is 18.5. The van der Waals surface area contributed by atoms with Crippen LogP contribution in [0.15, 0.2) is 66.7 Å². The highest BCUT2D eigenvalue weighted by molar-refractivity contribution is 6.02. The molecule has 1 amide bonds. The number of hydrogen-bond donors (Lipinski definition) is 2. The van der Waals surface area contributed by atoms with Crippen molar-refractivity contribution < 1.29 is 9.53 Å². The Kier molecular flexibility index (Phi) is 4.96. The number of rotatable bonds is 7. The fourth-order valence-corrected chi connectivity index (χ4v) is 2.54. The van der Waals surface area contributed by atoms with Gasteiger partial charge >= 0.3 is 0 Å². The van der Waals surface area contributed by atoms with E-state index in [2.05, 4.69) is 20.8 Å². The molecule has 4 rings (SSSR count). The van der Waals surface area contributed by atoms with Gasteiger partial charge in [0.2, 0.25) is 0 Å². The molecule has 1 heterocycles. The minimum absolute atomic E-state index is 0.278. The number of hydrogen-bond acceptors (Lipinski definition) is 5. The average molecular weight is 360 g/mol. The van der Waals surface area contributed by atoms with E-state index < -0.39 is 0 Å². The maximum atomic E-state index is 12.3. The van der Waals surface area contributed by atoms with Gasteiger partial charge < -0.3 is 15.4 Å². The Labute approximate surface area is 157 Å². The first-order chi connectivity index (χ1) is 13.3. The summed E-state index contributed by atoms with van der Waals surface area (Å²) in [5.41, 5.74) is 2.06. The third-order valence-corrected chi connectivity index (χ3v) is 4.19. The van der Waals surface area contributed by atoms with Gasteiger partial charge in [0, 0.05) is 11.7 Å². The van der Waals surface area contributed by atoms with E-state index in [0.29, 0.717) is 24.2 Å². The maximum absolute atomic E-state index is 12.3. The van der Waals surface area contributed by atoms with Crippen LogP contribution in [0.4, 0.5) is 11.5 Å². The zero-order valence-corrected chi connectivity index (χ0v) is 14.8. The number of carbonyl (C=O) groups excluding carboxylic acids is 1. The number of anilines is 2. The van der Waals surface area contributed by atoms with Crippen molar-refractivity contribution in [2.45, 2.75) is 25.5 Å². The number of amides is 1. The lowest BCUT2D eigenvalue weighted by Gasteiger charge is -2.08. The Bertz CT molecular complexity index is 892. The summed E-state index contributed by atoms with van der Waals surface area (Å²) in [5, 5.41) is 14.1. The topological polar surface area (TPSA) is 76.1 Å². The van der Waals surface area contributed by atoms with Crippen LogP contribution in [0.25, 0.3) is 0 Å². The molecule has 2 N–H and O–H groups in total. The summed E-state index contributed by atoms with van der Waals surface area (Å²) < 4.78 is 5.74. The molecule has 1 fully saturated rings. The van der Waals surface area contributed by atoms with Gasteiger partial charge in [-0.25, -0.2) is 0 Å². The van der Waals surface area contributed by atoms with Crippen LogP contribution < -0.4 is 15.4 Å². The molecule has 6 heteroatoms. The van der Waals surface area contributed by atoms with Crippen molar-refractivity contribution in [3.63, 3.8) is 0 Å². The lowest BCUT2D eigenvalue weighted by Crippen LogP contribution is -2.15. The number of nitrogens with one attached hydrogen (secondary N) is 2. The van der Waals surface area contributed by atoms with Gasteiger partial charge in [0.05, 0.1) is 0 Å². The standard InChI is InChI=1S/C21H20N4O2/c26-21(19-12-13-20(25-24-19)22-16-6-7-16)23-17-8-10-18(11-9-17)27-14-15-4-2-1-3-5-15/h1-5,8-13,16H,6-7,14H2,(H,22,25)(H,23,26). The lowest BCUT2D eigenvalue weighted by molar-refractivity contribution is 0.102. The SMILES string of the molecule is O=C(Nc1ccc(OCc2ccccc2)cc1)c1ccc(NC2CC2)nn1. The monoisotopic (exact) mass is 360 g/mol. The fraction of sp³-hybridized carbons (Fsp3) is 0.190. The Hall–Kier alpha value is -3.41. The normalized spacial score (nSPS) is 13.0. The van der Waals surface area contributed by atoms with E-state index in [1.807, 2.05) is 42.5 Å². The van der Waals surface area contributed by atoms with Crippen LogP contribution in [0.1, 0.15) is 28.9 Å². The lowest BCUT2D eigenvalue weighted by atomic mass is 10.2. The molecule has 1 aliphatic rings. The van der Waals surface area contributed by atoms with Crippen molar-refractivity contribution in [2.24, 2.45) is 0 Å². The summed E-state index contributed by atoms with van der Waals surface area (Å²) in [4.78, 5) is 12.3. The van der Waals surface area contributed by atoms with Crippen LogP contribution in [-0.4, -0.2) is 22.1 Å². The second-order valence-electron chi connectivity index (χ2n) is 6.48. The molecular weight excluding hydrogens is 340 g/mol. The fourth-order valence-electron chi connectivity index (χ4n) is 2.54. The zero-order valence-electron chi connectivity index (χ0n) is 14.8. The van der Waals surface area contributed by atoms with Crippen LogP contribution in [0.5, 0.6) is 5.75 Å². The number of ether oxygens (including phenoxy) is 1. The molecule has 0 saturated heterocycles. The highest BCUT2D eigenvalue weighted by atomic mass is 16.5. The van der Waals surface area contributed by atoms with Crippen LogP contribution in [-0.2, 0) is 6.61 Å². The first-order valence-corrected chi connectivity index (χ1v) is 8.95. The second-order valence-corrected chi connectivity index (χ2v) is 6.48. The van der Waals surface area contributed by atoms with Gasteiger partial charge in [-0.1, -0.05) is 30.3 Å². The average Bonchev–Trinajstić information content (AvgIpc) is 3.53. The molecule has 0 atom stereocenters. The summed E-state index contributed by atoms with van der Waals surface area (Å²) >= 11 is 0. The molecule has 0 bridgehead atoms. The third kappa shape index (κ3) is 4.82. The van der Waals surface area contributed by atoms with E-state index in [-0.39, 0.29) is 11.6 Å². The molecule has 6 nitrogen and oxygen atoms in total. The van der Waals surface area contributed by atoms with E-state index in [4.69, 9.17) is 4.74 Å². The molecule has 0 aliphatic heterocycles. The first kappa shape index (κ1) is 17.0. The van der Waals surface area contributed by atoms with Gasteiger partial charge in [-0.3, -0.25) is 4.79 Å². The van der Waals surface area contributed by atoms with Crippen molar-refractivity contribution in [3.8, 4) is 5.75 Å². The third-order valence-electron chi connectivity index (χ3n) is 4.19. The minimum Gasteiger partial charge on any atom is -0.489 e. The molecule has 3 aromatic rings. The Morgan fingerprint density at radius 2 is 1.74 bits per heavy atom. The summed E-state index contributed by atoms with van der Waals surface area (Å²) in [6, 6.07) is 21.2. The molecule has 1 aliphatic carbocycles. The largest absolute Gasteiger partial charge is 0.489 e. The Morgan fingerprint density at radius 1 is 0.963 bits per heavy atom. The van der Waals surface area contributed by atoms with Crippen molar-refractivity contribution >= 4 is 17.4 Å². The van der Waals surface area contributed by atoms with E-state index >= 15 is 0 Å². The Morgan fingerprint density at radius 3 is 2.41 bits per heavy atom. The Balaban J connectivity index is 1.31. The number of nitrogens with zero attached hydrogens (tertiary/aromatic N) is 2. The van der Waals surface area contributed by atoms with E-state index in [1.54, 1.807) is 24.3 Å². The molecule has 136 valence electrons. The molecule has 2 aromatic carbocycles. The predicted molar refractivity (Wildman–Crippen MR) is 104 cm³/mol. The van der Waals surface area contributed by atoms with Gasteiger partial charge in [0.25, 0.3) is 5.91 Å². The van der Waals surface area contributed by atoms with Gasteiger partial charge in [0.1, 0.15) is 18.2 Å². The number of aromatic nitrogens is 2. The quantitative estimate of drug-likeness (QED) is 0.669. The molecular formula is C21H20N4O2. The van der Waals surface area contributed by atoms with E-state index in [0.717, 1.165) is 24.2 Å². The maximum Gasteiger partial charge on any atom is 0.276 e. The van der Waals surface area contributed by atoms with Crippen LogP contribution in [0, 0.1) is 0 Å². The van der Waals surface area contributed by atoms with Gasteiger partial charge in [-0.2, -0.15) is 0 Å². The van der Waals surface area contributed by atoms with Gasteiger partial charge in [-0.05, 0) is 54.8 Å². The van der Waals surface area contributed by atoms with Gasteiger partial charge in [-0.15, -0.1) is 10.2 Å². The van der Waals surface area contributed by atoms with Crippen molar-refractivity contribution in [2.75, 3.05) is 10.6 Å². The van der Waals surface area contributed by atoms with Crippen molar-refractivity contribution in [1.82, 2.24) is 10.2 Å². The highest BCUT2D eigenvalue weighted by Gasteiger charge is 2.21. The molecule has 0 spiro atoms. The van der Waals surface area contributed by atoms with Crippen LogP contribution in [0.2, 0.25) is 0 Å². The number of benzene rings is 2. The molecule has 0 unspecified atom stereocenters. The summed E-state index contributed by atoms with van der Waals surface area (Å²) in [5.74, 6) is 1.15. The van der Waals surface area contributed by atoms with Crippen molar-refractivity contribution in [1.29, 1.82) is 0 Å². The first-order valence-electron chi connectivity index (χ1n) is 8.95. The second kappa shape index (κ2) is 7.86. The molecule has 27 heavy (non-hydrogen) atoms. The molecule has 0 radical (unpaired) electrons. The highest BCUT2D eigenvalue weighted by Crippen LogP contribution is 2.23. The van der Waals surface area contributed by atoms with E-state index in [9.17, 15) is 4.79 Å². The van der Waals surface area contributed by atoms with E-state index in [1.165, 1.54) is 0 Å². The summed E-state index contributed by atoms with van der Waals surface area (Å²) in [6.07, 6.45) is 2.32. The predicted octanol–water partition coefficient (Wildman–Crippen LogP) is 3.88. The van der Waals surface area contributed by atoms with Crippen LogP contribution in [0.3, 0.4) is 0 Å². The summed E-state index contributed by atoms with van der Waals surface area (Å²) in [6.45, 7) is 0.503. The minimum atomic E-state index is -0.293. The smallest absolute Gasteiger partial charge is 0.276 e.